The van der Waals surface area contributed by atoms with E-state index in [0.717, 1.165) is 91.8 Å². The lowest BCUT2D eigenvalue weighted by Gasteiger charge is -2.39. The summed E-state index contributed by atoms with van der Waals surface area (Å²) in [7, 11) is 0. The molecule has 350 valence electrons. The quantitative estimate of drug-likeness (QED) is 0.117. The summed E-state index contributed by atoms with van der Waals surface area (Å²) in [6.45, 7) is 6.24. The van der Waals surface area contributed by atoms with Crippen LogP contribution in [0, 0.1) is 5.92 Å². The van der Waals surface area contributed by atoms with Crippen molar-refractivity contribution < 1.29 is 28.8 Å². The molecule has 0 bridgehead atoms. The molecule has 3 aromatic carbocycles. The summed E-state index contributed by atoms with van der Waals surface area (Å²) in [5.74, 6) is -1.08. The third-order valence-electron chi connectivity index (χ3n) is 13.8. The predicted octanol–water partition coefficient (Wildman–Crippen LogP) is 3.71. The number of carbonyl (C=O) groups excluding carboxylic acids is 6. The topological polar surface area (TPSA) is 207 Å². The molecule has 5 aromatic rings. The smallest absolute Gasteiger partial charge is 0.278 e. The molecular weight excluding hydrogens is 865 g/mol. The zero-order chi connectivity index (χ0) is 46.7. The molecular formula is C50H54N12O6. The SMILES string of the molecule is O=C1CCC(N2C(=O)C=C(Nc3cccc(CC(=O)N4CCC(CN5CCN(c6ccc(Nc7ncnc8c7ncn8C7CC(NC(=O)Cc8ccccc8)C7)cc6)CC5)CC4)c3)C2=O)C(=O)N1. The number of piperidine rings is 2. The molecule has 4 aliphatic heterocycles. The highest BCUT2D eigenvalue weighted by atomic mass is 16.2. The van der Waals surface area contributed by atoms with Crippen LogP contribution in [0.2, 0.25) is 0 Å². The van der Waals surface area contributed by atoms with Gasteiger partial charge in [-0.15, -0.1) is 0 Å². The summed E-state index contributed by atoms with van der Waals surface area (Å²) >= 11 is 0. The van der Waals surface area contributed by atoms with Crippen molar-refractivity contribution in [2.75, 3.05) is 61.3 Å². The number of carbonyl (C=O) groups is 6. The highest BCUT2D eigenvalue weighted by Gasteiger charge is 2.42. The number of rotatable bonds is 14. The van der Waals surface area contributed by atoms with Gasteiger partial charge in [0.2, 0.25) is 23.6 Å². The first-order valence-electron chi connectivity index (χ1n) is 23.5. The second-order valence-corrected chi connectivity index (χ2v) is 18.4. The van der Waals surface area contributed by atoms with Gasteiger partial charge in [-0.3, -0.25) is 43.9 Å². The van der Waals surface area contributed by atoms with Gasteiger partial charge >= 0.3 is 0 Å². The maximum Gasteiger partial charge on any atom is 0.278 e. The fraction of sp³-hybridized carbons (Fsp3) is 0.380. The number of imide groups is 2. The van der Waals surface area contributed by atoms with Gasteiger partial charge in [-0.05, 0) is 85.5 Å². The molecule has 1 saturated carbocycles. The van der Waals surface area contributed by atoms with E-state index in [1.165, 1.54) is 5.69 Å². The van der Waals surface area contributed by atoms with Crippen molar-refractivity contribution in [1.29, 1.82) is 0 Å². The molecule has 4 fully saturated rings. The number of piperazine rings is 1. The average molecular weight is 919 g/mol. The average Bonchev–Trinajstić information content (AvgIpc) is 3.88. The van der Waals surface area contributed by atoms with Crippen LogP contribution in [-0.2, 0) is 41.6 Å². The van der Waals surface area contributed by atoms with Crippen molar-refractivity contribution in [1.82, 2.24) is 44.9 Å². The lowest BCUT2D eigenvalue weighted by Crippen LogP contribution is -2.54. The van der Waals surface area contributed by atoms with Gasteiger partial charge in [-0.25, -0.2) is 15.0 Å². The molecule has 1 aliphatic carbocycles. The number of hydrogen-bond acceptors (Lipinski definition) is 13. The number of nitrogens with zero attached hydrogens (tertiary/aromatic N) is 8. The fourth-order valence-electron chi connectivity index (χ4n) is 10.0. The highest BCUT2D eigenvalue weighted by molar-refractivity contribution is 6.20. The Bertz CT molecular complexity index is 2760. The van der Waals surface area contributed by atoms with Crippen LogP contribution in [0.4, 0.5) is 22.9 Å². The van der Waals surface area contributed by atoms with Crippen molar-refractivity contribution in [2.24, 2.45) is 5.92 Å². The molecule has 6 heterocycles. The molecule has 1 atom stereocenters. The largest absolute Gasteiger partial charge is 0.369 e. The first kappa shape index (κ1) is 44.4. The minimum absolute atomic E-state index is 0.0318. The number of amides is 6. The van der Waals surface area contributed by atoms with E-state index in [0.29, 0.717) is 42.5 Å². The number of benzene rings is 3. The number of aromatic nitrogens is 4. The van der Waals surface area contributed by atoms with Crippen LogP contribution >= 0.6 is 0 Å². The van der Waals surface area contributed by atoms with E-state index < -0.39 is 29.7 Å². The maximum absolute atomic E-state index is 13.4. The van der Waals surface area contributed by atoms with Gasteiger partial charge < -0.3 is 30.3 Å². The first-order chi connectivity index (χ1) is 33.1. The first-order valence-corrected chi connectivity index (χ1v) is 23.5. The molecule has 0 spiro atoms. The number of imidazole rings is 1. The molecule has 18 heteroatoms. The zero-order valence-electron chi connectivity index (χ0n) is 37.7. The molecule has 3 saturated heterocycles. The Morgan fingerprint density at radius 2 is 1.51 bits per heavy atom. The standard InChI is InChI=1S/C50H54N12O6/c63-42-14-13-41(49(67)57-42)62-45(66)28-40(50(62)68)54-36-8-4-7-34(23-36)25-44(65)60-17-15-33(16-18-60)29-58-19-21-59(22-20-58)38-11-9-35(10-12-38)56-47-46-48(52-30-51-47)61(31-53-46)39-26-37(27-39)55-43(64)24-32-5-2-1-3-6-32/h1-12,23,28,30-31,33,37,39,41,54H,13-22,24-27,29H2,(H,55,64)(H,51,52,56)(H,57,63,67). The molecule has 10 rings (SSSR count). The van der Waals surface area contributed by atoms with Crippen molar-refractivity contribution in [2.45, 2.75) is 69.5 Å². The molecule has 2 aromatic heterocycles. The van der Waals surface area contributed by atoms with Crippen LogP contribution < -0.4 is 26.2 Å². The van der Waals surface area contributed by atoms with E-state index in [1.54, 1.807) is 24.5 Å². The summed E-state index contributed by atoms with van der Waals surface area (Å²) in [5, 5.41) is 11.8. The van der Waals surface area contributed by atoms with Crippen LogP contribution in [0.3, 0.4) is 0 Å². The molecule has 1 unspecified atom stereocenters. The number of fused-ring (bicyclic) bond motifs is 1. The number of likely N-dealkylation sites (tertiary alicyclic amines) is 1. The predicted molar refractivity (Wildman–Crippen MR) is 253 cm³/mol. The molecule has 5 aliphatic rings. The molecule has 4 N–H and O–H groups in total. The molecule has 0 radical (unpaired) electrons. The Balaban J connectivity index is 0.643. The minimum Gasteiger partial charge on any atom is -0.369 e. The van der Waals surface area contributed by atoms with Gasteiger partial charge in [0.05, 0.1) is 19.2 Å². The Morgan fingerprint density at radius 1 is 0.750 bits per heavy atom. The van der Waals surface area contributed by atoms with Gasteiger partial charge in [0, 0.05) is 87.5 Å². The summed E-state index contributed by atoms with van der Waals surface area (Å²) in [6, 6.07) is 24.7. The van der Waals surface area contributed by atoms with Gasteiger partial charge in [0.25, 0.3) is 11.8 Å². The van der Waals surface area contributed by atoms with E-state index in [2.05, 4.69) is 74.9 Å². The Labute approximate surface area is 393 Å². The lowest BCUT2D eigenvalue weighted by atomic mass is 9.86. The van der Waals surface area contributed by atoms with Crippen LogP contribution in [0.15, 0.2) is 103 Å². The Morgan fingerprint density at radius 3 is 2.28 bits per heavy atom. The van der Waals surface area contributed by atoms with Crippen LogP contribution in [0.5, 0.6) is 0 Å². The van der Waals surface area contributed by atoms with E-state index in [4.69, 9.17) is 0 Å². The molecule has 18 nitrogen and oxygen atoms in total. The lowest BCUT2D eigenvalue weighted by molar-refractivity contribution is -0.149. The van der Waals surface area contributed by atoms with Crippen LogP contribution in [-0.4, -0.2) is 128 Å². The second kappa shape index (κ2) is 19.4. The number of anilines is 4. The Kier molecular flexibility index (Phi) is 12.7. The van der Waals surface area contributed by atoms with E-state index >= 15 is 0 Å². The monoisotopic (exact) mass is 918 g/mol. The Hall–Kier alpha value is -7.47. The van der Waals surface area contributed by atoms with Gasteiger partial charge in [-0.2, -0.15) is 0 Å². The van der Waals surface area contributed by atoms with Gasteiger partial charge in [0.1, 0.15) is 18.1 Å². The third-order valence-corrected chi connectivity index (χ3v) is 13.8. The summed E-state index contributed by atoms with van der Waals surface area (Å²) < 4.78 is 2.09. The minimum atomic E-state index is -1.03. The van der Waals surface area contributed by atoms with Crippen molar-refractivity contribution in [3.05, 3.63) is 114 Å². The van der Waals surface area contributed by atoms with Gasteiger partial charge in [-0.1, -0.05) is 42.5 Å². The third kappa shape index (κ3) is 9.81. The van der Waals surface area contributed by atoms with E-state index in [-0.39, 0.29) is 48.9 Å². The fourth-order valence-corrected chi connectivity index (χ4v) is 10.0. The summed E-state index contributed by atoms with van der Waals surface area (Å²) in [6.07, 6.45) is 8.83. The highest BCUT2D eigenvalue weighted by Crippen LogP contribution is 2.35. The molecule has 6 amide bonds. The second-order valence-electron chi connectivity index (χ2n) is 18.4. The van der Waals surface area contributed by atoms with Crippen LogP contribution in [0.25, 0.3) is 11.2 Å². The van der Waals surface area contributed by atoms with Crippen molar-refractivity contribution >= 4 is 69.5 Å². The van der Waals surface area contributed by atoms with Crippen molar-refractivity contribution in [3.63, 3.8) is 0 Å². The normalized spacial score (nSPS) is 21.4. The number of hydrogen-bond donors (Lipinski definition) is 4. The zero-order valence-corrected chi connectivity index (χ0v) is 37.7. The van der Waals surface area contributed by atoms with E-state index in [9.17, 15) is 28.8 Å². The number of nitrogens with one attached hydrogen (secondary N) is 4. The molecule has 68 heavy (non-hydrogen) atoms. The van der Waals surface area contributed by atoms with E-state index in [1.807, 2.05) is 47.6 Å². The maximum atomic E-state index is 13.4. The van der Waals surface area contributed by atoms with Crippen molar-refractivity contribution in [3.8, 4) is 0 Å². The summed E-state index contributed by atoms with van der Waals surface area (Å²) in [5.41, 5.74) is 5.93. The van der Waals surface area contributed by atoms with Crippen LogP contribution in [0.1, 0.15) is 55.7 Å². The van der Waals surface area contributed by atoms with Gasteiger partial charge in [0.15, 0.2) is 17.0 Å². The summed E-state index contributed by atoms with van der Waals surface area (Å²) in [4.78, 5) is 97.3.